The number of benzene rings is 1. The van der Waals surface area contributed by atoms with E-state index < -0.39 is 11.2 Å². The summed E-state index contributed by atoms with van der Waals surface area (Å²) in [7, 11) is 0. The second-order valence-corrected chi connectivity index (χ2v) is 4.55. The van der Waals surface area contributed by atoms with Gasteiger partial charge in [0.25, 0.3) is 0 Å². The summed E-state index contributed by atoms with van der Waals surface area (Å²) in [5, 5.41) is 2.44. The third kappa shape index (κ3) is 2.71. The molecule has 1 aromatic rings. The molecule has 88 valence electrons. The molecular formula is C11H14ClFN2O. The van der Waals surface area contributed by atoms with E-state index in [1.165, 1.54) is 12.1 Å². The molecule has 16 heavy (non-hydrogen) atoms. The molecule has 0 bridgehead atoms. The average Bonchev–Trinajstić information content (AvgIpc) is 2.24. The maximum absolute atomic E-state index is 13.5. The second kappa shape index (κ2) is 4.80. The van der Waals surface area contributed by atoms with Gasteiger partial charge in [0, 0.05) is 6.54 Å². The molecule has 0 saturated carbocycles. The first-order valence-electron chi connectivity index (χ1n) is 4.84. The van der Waals surface area contributed by atoms with E-state index >= 15 is 0 Å². The smallest absolute Gasteiger partial charge is 0.231 e. The Labute approximate surface area is 98.8 Å². The second-order valence-electron chi connectivity index (χ2n) is 4.14. The van der Waals surface area contributed by atoms with E-state index in [-0.39, 0.29) is 23.2 Å². The van der Waals surface area contributed by atoms with Crippen molar-refractivity contribution in [1.29, 1.82) is 0 Å². The topological polar surface area (TPSA) is 55.1 Å². The highest BCUT2D eigenvalue weighted by atomic mass is 35.5. The van der Waals surface area contributed by atoms with Crippen LogP contribution in [0.4, 0.5) is 10.1 Å². The molecule has 0 heterocycles. The van der Waals surface area contributed by atoms with Crippen LogP contribution in [0.3, 0.4) is 0 Å². The number of halogens is 2. The van der Waals surface area contributed by atoms with E-state index in [1.54, 1.807) is 19.9 Å². The lowest BCUT2D eigenvalue weighted by atomic mass is 9.92. The van der Waals surface area contributed by atoms with Gasteiger partial charge in [-0.25, -0.2) is 4.39 Å². The van der Waals surface area contributed by atoms with Crippen molar-refractivity contribution in [3.05, 3.63) is 29.0 Å². The molecule has 0 saturated heterocycles. The molecule has 0 aliphatic carbocycles. The van der Waals surface area contributed by atoms with Crippen LogP contribution < -0.4 is 11.1 Å². The lowest BCUT2D eigenvalue weighted by Gasteiger charge is -2.21. The number of hydrogen-bond acceptors (Lipinski definition) is 2. The zero-order valence-corrected chi connectivity index (χ0v) is 9.94. The van der Waals surface area contributed by atoms with Crippen LogP contribution >= 0.6 is 11.6 Å². The number of anilines is 1. The van der Waals surface area contributed by atoms with Crippen LogP contribution in [0.15, 0.2) is 18.2 Å². The zero-order valence-electron chi connectivity index (χ0n) is 9.18. The Morgan fingerprint density at radius 3 is 2.75 bits per heavy atom. The SMILES string of the molecule is CC(C)(CN)C(=O)Nc1cccc(Cl)c1F. The van der Waals surface area contributed by atoms with Gasteiger partial charge in [0.15, 0.2) is 5.82 Å². The van der Waals surface area contributed by atoms with Gasteiger partial charge < -0.3 is 11.1 Å². The Hall–Kier alpha value is -1.13. The molecule has 5 heteroatoms. The van der Waals surface area contributed by atoms with Crippen LogP contribution in [0.1, 0.15) is 13.8 Å². The Morgan fingerprint density at radius 1 is 1.56 bits per heavy atom. The Morgan fingerprint density at radius 2 is 2.19 bits per heavy atom. The third-order valence-corrected chi connectivity index (χ3v) is 2.62. The van der Waals surface area contributed by atoms with Crippen molar-refractivity contribution < 1.29 is 9.18 Å². The molecule has 0 spiro atoms. The molecule has 1 aromatic carbocycles. The number of nitrogens with two attached hydrogens (primary N) is 1. The molecule has 3 nitrogen and oxygen atoms in total. The maximum atomic E-state index is 13.5. The number of carbonyl (C=O) groups is 1. The predicted octanol–water partition coefficient (Wildman–Crippen LogP) is 2.40. The van der Waals surface area contributed by atoms with Crippen molar-refractivity contribution in [3.63, 3.8) is 0 Å². The first kappa shape index (κ1) is 12.9. The van der Waals surface area contributed by atoms with E-state index in [4.69, 9.17) is 17.3 Å². The van der Waals surface area contributed by atoms with Crippen molar-refractivity contribution in [2.75, 3.05) is 11.9 Å². The first-order chi connectivity index (χ1) is 7.38. The Balaban J connectivity index is 2.90. The summed E-state index contributed by atoms with van der Waals surface area (Å²) in [5.41, 5.74) is 4.78. The molecule has 0 aromatic heterocycles. The molecule has 0 fully saturated rings. The number of hydrogen-bond donors (Lipinski definition) is 2. The fraction of sp³-hybridized carbons (Fsp3) is 0.364. The van der Waals surface area contributed by atoms with Crippen molar-refractivity contribution in [1.82, 2.24) is 0 Å². The van der Waals surface area contributed by atoms with E-state index in [0.29, 0.717) is 0 Å². The highest BCUT2D eigenvalue weighted by Gasteiger charge is 2.26. The van der Waals surface area contributed by atoms with Crippen LogP contribution in [0.2, 0.25) is 5.02 Å². The third-order valence-electron chi connectivity index (χ3n) is 2.32. The van der Waals surface area contributed by atoms with Crippen molar-refractivity contribution in [3.8, 4) is 0 Å². The number of amides is 1. The largest absolute Gasteiger partial charge is 0.329 e. The van der Waals surface area contributed by atoms with Gasteiger partial charge in [-0.3, -0.25) is 4.79 Å². The van der Waals surface area contributed by atoms with Gasteiger partial charge in [-0.15, -0.1) is 0 Å². The normalized spacial score (nSPS) is 11.3. The van der Waals surface area contributed by atoms with E-state index in [9.17, 15) is 9.18 Å². The summed E-state index contributed by atoms with van der Waals surface area (Å²) in [6.07, 6.45) is 0. The molecule has 0 aliphatic rings. The molecule has 0 unspecified atom stereocenters. The van der Waals surface area contributed by atoms with Gasteiger partial charge in [0.2, 0.25) is 5.91 Å². The van der Waals surface area contributed by atoms with Gasteiger partial charge in [-0.05, 0) is 26.0 Å². The van der Waals surface area contributed by atoms with Crippen LogP contribution in [0, 0.1) is 11.2 Å². The minimum absolute atomic E-state index is 0.0247. The Kier molecular flexibility index (Phi) is 3.88. The lowest BCUT2D eigenvalue weighted by molar-refractivity contribution is -0.123. The predicted molar refractivity (Wildman–Crippen MR) is 62.9 cm³/mol. The maximum Gasteiger partial charge on any atom is 0.231 e. The first-order valence-corrected chi connectivity index (χ1v) is 5.22. The van der Waals surface area contributed by atoms with Crippen LogP contribution in [-0.4, -0.2) is 12.5 Å². The summed E-state index contributed by atoms with van der Waals surface area (Å²) >= 11 is 5.59. The highest BCUT2D eigenvalue weighted by molar-refractivity contribution is 6.31. The van der Waals surface area contributed by atoms with Gasteiger partial charge >= 0.3 is 0 Å². The lowest BCUT2D eigenvalue weighted by Crippen LogP contribution is -2.37. The van der Waals surface area contributed by atoms with Crippen LogP contribution in [-0.2, 0) is 4.79 Å². The van der Waals surface area contributed by atoms with E-state index in [1.807, 2.05) is 0 Å². The molecule has 0 atom stereocenters. The molecule has 0 aliphatic heterocycles. The summed E-state index contributed by atoms with van der Waals surface area (Å²) in [4.78, 5) is 11.7. The van der Waals surface area contributed by atoms with Crippen molar-refractivity contribution in [2.24, 2.45) is 11.1 Å². The highest BCUT2D eigenvalue weighted by Crippen LogP contribution is 2.24. The molecular weight excluding hydrogens is 231 g/mol. The minimum Gasteiger partial charge on any atom is -0.329 e. The fourth-order valence-electron chi connectivity index (χ4n) is 0.985. The van der Waals surface area contributed by atoms with Gasteiger partial charge in [-0.2, -0.15) is 0 Å². The monoisotopic (exact) mass is 244 g/mol. The van der Waals surface area contributed by atoms with E-state index in [0.717, 1.165) is 0 Å². The Bertz CT molecular complexity index is 407. The zero-order chi connectivity index (χ0) is 12.3. The van der Waals surface area contributed by atoms with Crippen molar-refractivity contribution in [2.45, 2.75) is 13.8 Å². The number of carbonyl (C=O) groups excluding carboxylic acids is 1. The summed E-state index contributed by atoms with van der Waals surface area (Å²) in [5.74, 6) is -0.971. The van der Waals surface area contributed by atoms with Crippen molar-refractivity contribution >= 4 is 23.2 Å². The number of nitrogens with one attached hydrogen (secondary N) is 1. The minimum atomic E-state index is -0.741. The van der Waals surface area contributed by atoms with Gasteiger partial charge in [-0.1, -0.05) is 17.7 Å². The summed E-state index contributed by atoms with van der Waals surface area (Å²) in [6.45, 7) is 3.55. The van der Waals surface area contributed by atoms with Crippen LogP contribution in [0.25, 0.3) is 0 Å². The summed E-state index contributed by atoms with van der Waals surface area (Å²) < 4.78 is 13.5. The quantitative estimate of drug-likeness (QED) is 0.858. The molecule has 1 rings (SSSR count). The van der Waals surface area contributed by atoms with Gasteiger partial charge in [0.1, 0.15) is 0 Å². The molecule has 3 N–H and O–H groups in total. The number of rotatable bonds is 3. The molecule has 1 amide bonds. The standard InChI is InChI=1S/C11H14ClFN2O/c1-11(2,6-14)10(16)15-8-5-3-4-7(12)9(8)13/h3-5H,6,14H2,1-2H3,(H,15,16). The summed E-state index contributed by atoms with van der Waals surface area (Å²) in [6, 6.07) is 4.43. The van der Waals surface area contributed by atoms with Crippen LogP contribution in [0.5, 0.6) is 0 Å². The fourth-order valence-corrected chi connectivity index (χ4v) is 1.16. The molecule has 0 radical (unpaired) electrons. The van der Waals surface area contributed by atoms with Gasteiger partial charge in [0.05, 0.1) is 16.1 Å². The average molecular weight is 245 g/mol. The van der Waals surface area contributed by atoms with E-state index in [2.05, 4.69) is 5.32 Å².